The second-order valence-corrected chi connectivity index (χ2v) is 6.01. The van der Waals surface area contributed by atoms with Crippen LogP contribution in [0.5, 0.6) is 0 Å². The molecule has 0 saturated carbocycles. The van der Waals surface area contributed by atoms with Gasteiger partial charge in [-0.25, -0.2) is 0 Å². The van der Waals surface area contributed by atoms with Gasteiger partial charge in [0.2, 0.25) is 0 Å². The van der Waals surface area contributed by atoms with Gasteiger partial charge < -0.3 is 5.32 Å². The summed E-state index contributed by atoms with van der Waals surface area (Å²) in [5.74, 6) is 0. The lowest BCUT2D eigenvalue weighted by Crippen LogP contribution is -2.30. The van der Waals surface area contributed by atoms with E-state index in [1.165, 1.54) is 18.3 Å². The molecular formula is C12H12ClN3O3S. The third kappa shape index (κ3) is 2.54. The molecule has 8 heteroatoms. The van der Waals surface area contributed by atoms with E-state index in [-0.39, 0.29) is 9.92 Å². The summed E-state index contributed by atoms with van der Waals surface area (Å²) in [5, 5.41) is 6.30. The molecule has 0 spiro atoms. The lowest BCUT2D eigenvalue weighted by Gasteiger charge is -2.09. The van der Waals surface area contributed by atoms with E-state index in [0.717, 1.165) is 0 Å². The van der Waals surface area contributed by atoms with Crippen molar-refractivity contribution in [2.75, 3.05) is 11.9 Å². The highest BCUT2D eigenvalue weighted by atomic mass is 35.5. The average Bonchev–Trinajstić information content (AvgIpc) is 2.45. The second-order valence-electron chi connectivity index (χ2n) is 3.87. The molecule has 1 heterocycles. The first-order chi connectivity index (χ1) is 9.48. The molecule has 0 bridgehead atoms. The minimum absolute atomic E-state index is 0.0260. The van der Waals surface area contributed by atoms with Gasteiger partial charge in [-0.15, -0.1) is 4.09 Å². The van der Waals surface area contributed by atoms with Gasteiger partial charge in [-0.05, 0) is 19.1 Å². The molecule has 0 fully saturated rings. The number of anilines is 1. The van der Waals surface area contributed by atoms with Crippen LogP contribution in [0, 0.1) is 0 Å². The summed E-state index contributed by atoms with van der Waals surface area (Å²) in [7, 11) is -4.04. The minimum Gasteiger partial charge on any atom is -0.383 e. The topological polar surface area (TPSA) is 81.1 Å². The number of aromatic nitrogens is 2. The summed E-state index contributed by atoms with van der Waals surface area (Å²) >= 11 is 5.87. The van der Waals surface area contributed by atoms with Gasteiger partial charge in [0.25, 0.3) is 10.0 Å². The first-order valence-electron chi connectivity index (χ1n) is 5.80. The molecule has 0 radical (unpaired) electrons. The summed E-state index contributed by atoms with van der Waals surface area (Å²) in [5.41, 5.74) is -0.576. The standard InChI is InChI=1S/C12H12ClN3O3S/c1-2-14-10-8-15-16(12(17)11(10)13)20(18,19)9-6-4-3-5-7-9/h3-8,14H,2H2,1H3. The molecule has 6 nitrogen and oxygen atoms in total. The fourth-order valence-corrected chi connectivity index (χ4v) is 3.02. The van der Waals surface area contributed by atoms with Crippen molar-refractivity contribution in [3.05, 3.63) is 51.9 Å². The summed E-state index contributed by atoms with van der Waals surface area (Å²) in [4.78, 5) is 12.0. The van der Waals surface area contributed by atoms with E-state index in [2.05, 4.69) is 10.4 Å². The van der Waals surface area contributed by atoms with Crippen molar-refractivity contribution in [1.82, 2.24) is 9.19 Å². The van der Waals surface area contributed by atoms with Gasteiger partial charge in [0, 0.05) is 6.54 Å². The van der Waals surface area contributed by atoms with E-state index in [9.17, 15) is 13.2 Å². The Labute approximate surface area is 121 Å². The quantitative estimate of drug-likeness (QED) is 0.926. The monoisotopic (exact) mass is 313 g/mol. The maximum absolute atomic E-state index is 12.3. The maximum atomic E-state index is 12.3. The average molecular weight is 314 g/mol. The van der Waals surface area contributed by atoms with E-state index < -0.39 is 15.6 Å². The zero-order chi connectivity index (χ0) is 14.8. The van der Waals surface area contributed by atoms with Crippen molar-refractivity contribution in [2.45, 2.75) is 11.8 Å². The number of benzene rings is 1. The molecule has 2 rings (SSSR count). The highest BCUT2D eigenvalue weighted by Crippen LogP contribution is 2.17. The molecule has 0 aliphatic rings. The molecule has 1 N–H and O–H groups in total. The Hall–Kier alpha value is -1.86. The fraction of sp³-hybridized carbons (Fsp3) is 0.167. The number of hydrogen-bond donors (Lipinski definition) is 1. The van der Waals surface area contributed by atoms with Gasteiger partial charge in [-0.2, -0.15) is 13.5 Å². The summed E-state index contributed by atoms with van der Waals surface area (Å²) in [6.07, 6.45) is 1.22. The number of nitrogens with zero attached hydrogens (tertiary/aromatic N) is 2. The van der Waals surface area contributed by atoms with Gasteiger partial charge in [0.05, 0.1) is 16.8 Å². The second kappa shape index (κ2) is 5.64. The summed E-state index contributed by atoms with van der Waals surface area (Å²) in [6.45, 7) is 2.36. The van der Waals surface area contributed by atoms with Crippen LogP contribution in [0.3, 0.4) is 0 Å². The van der Waals surface area contributed by atoms with Gasteiger partial charge in [0.15, 0.2) is 0 Å². The lowest BCUT2D eigenvalue weighted by molar-refractivity contribution is 0.575. The SMILES string of the molecule is CCNc1cnn(S(=O)(=O)c2ccccc2)c(=O)c1Cl. The molecule has 2 aromatic rings. The molecule has 0 atom stereocenters. The van der Waals surface area contributed by atoms with Crippen LogP contribution in [0.4, 0.5) is 5.69 Å². The Balaban J connectivity index is 2.60. The molecule has 0 aliphatic carbocycles. The van der Waals surface area contributed by atoms with E-state index in [4.69, 9.17) is 11.6 Å². The van der Waals surface area contributed by atoms with Crippen LogP contribution in [0.1, 0.15) is 6.92 Å². The molecule has 0 saturated heterocycles. The van der Waals surface area contributed by atoms with E-state index in [1.54, 1.807) is 18.2 Å². The largest absolute Gasteiger partial charge is 0.383 e. The van der Waals surface area contributed by atoms with E-state index in [0.29, 0.717) is 16.3 Å². The Morgan fingerprint density at radius 2 is 1.95 bits per heavy atom. The van der Waals surface area contributed by atoms with Crippen LogP contribution >= 0.6 is 11.6 Å². The maximum Gasteiger partial charge on any atom is 0.302 e. The van der Waals surface area contributed by atoms with Crippen molar-refractivity contribution >= 4 is 27.3 Å². The van der Waals surface area contributed by atoms with Crippen LogP contribution in [-0.4, -0.2) is 24.1 Å². The van der Waals surface area contributed by atoms with E-state index >= 15 is 0 Å². The molecule has 0 amide bonds. The number of halogens is 1. The zero-order valence-corrected chi connectivity index (χ0v) is 12.1. The van der Waals surface area contributed by atoms with Crippen LogP contribution in [0.2, 0.25) is 5.02 Å². The molecule has 1 aromatic carbocycles. The van der Waals surface area contributed by atoms with Crippen molar-refractivity contribution in [3.8, 4) is 0 Å². The van der Waals surface area contributed by atoms with Crippen LogP contribution in [0.25, 0.3) is 0 Å². The molecule has 0 unspecified atom stereocenters. The first kappa shape index (κ1) is 14.5. The Morgan fingerprint density at radius 3 is 2.55 bits per heavy atom. The third-order valence-electron chi connectivity index (χ3n) is 2.53. The van der Waals surface area contributed by atoms with Crippen LogP contribution in [0.15, 0.2) is 46.2 Å². The fourth-order valence-electron chi connectivity index (χ4n) is 1.60. The van der Waals surface area contributed by atoms with Crippen LogP contribution in [-0.2, 0) is 10.0 Å². The van der Waals surface area contributed by atoms with Crippen molar-refractivity contribution in [1.29, 1.82) is 0 Å². The highest BCUT2D eigenvalue weighted by Gasteiger charge is 2.21. The number of hydrogen-bond acceptors (Lipinski definition) is 5. The predicted octanol–water partition coefficient (Wildman–Crippen LogP) is 1.57. The number of rotatable bonds is 4. The van der Waals surface area contributed by atoms with Gasteiger partial charge in [-0.1, -0.05) is 29.8 Å². The summed E-state index contributed by atoms with van der Waals surface area (Å²) in [6, 6.07) is 7.57. The molecular weight excluding hydrogens is 302 g/mol. The molecule has 1 aromatic heterocycles. The third-order valence-corrected chi connectivity index (χ3v) is 4.47. The van der Waals surface area contributed by atoms with Gasteiger partial charge in [0.1, 0.15) is 5.02 Å². The van der Waals surface area contributed by atoms with Crippen LogP contribution < -0.4 is 10.9 Å². The normalized spacial score (nSPS) is 11.3. The Kier molecular flexibility index (Phi) is 4.10. The Morgan fingerprint density at radius 1 is 1.30 bits per heavy atom. The minimum atomic E-state index is -4.04. The van der Waals surface area contributed by atoms with Gasteiger partial charge in [-0.3, -0.25) is 4.79 Å². The van der Waals surface area contributed by atoms with Crippen molar-refractivity contribution in [2.24, 2.45) is 0 Å². The lowest BCUT2D eigenvalue weighted by atomic mass is 10.4. The molecule has 20 heavy (non-hydrogen) atoms. The van der Waals surface area contributed by atoms with Crippen molar-refractivity contribution < 1.29 is 8.42 Å². The van der Waals surface area contributed by atoms with E-state index in [1.807, 2.05) is 6.92 Å². The predicted molar refractivity (Wildman–Crippen MR) is 76.7 cm³/mol. The summed E-state index contributed by atoms with van der Waals surface area (Å²) < 4.78 is 25.0. The molecule has 0 aliphatic heterocycles. The Bertz CT molecular complexity index is 772. The first-order valence-corrected chi connectivity index (χ1v) is 7.62. The smallest absolute Gasteiger partial charge is 0.302 e. The number of nitrogens with one attached hydrogen (secondary N) is 1. The zero-order valence-electron chi connectivity index (χ0n) is 10.6. The van der Waals surface area contributed by atoms with Gasteiger partial charge >= 0.3 is 5.56 Å². The molecule has 106 valence electrons. The highest BCUT2D eigenvalue weighted by molar-refractivity contribution is 7.89. The van der Waals surface area contributed by atoms with Crippen molar-refractivity contribution in [3.63, 3.8) is 0 Å².